The third kappa shape index (κ3) is 3.50. The fourth-order valence-corrected chi connectivity index (χ4v) is 4.16. The van der Waals surface area contributed by atoms with Crippen LogP contribution >= 0.6 is 11.3 Å². The Morgan fingerprint density at radius 1 is 1.00 bits per heavy atom. The van der Waals surface area contributed by atoms with E-state index in [9.17, 15) is 9.59 Å². The maximum atomic E-state index is 12.9. The molecule has 27 heavy (non-hydrogen) atoms. The number of aromatic nitrogens is 1. The molecule has 0 N–H and O–H groups in total. The van der Waals surface area contributed by atoms with Gasteiger partial charge in [-0.05, 0) is 13.0 Å². The normalized spacial score (nSPS) is 14.4. The Morgan fingerprint density at radius 2 is 1.67 bits per heavy atom. The van der Waals surface area contributed by atoms with Gasteiger partial charge in [0.2, 0.25) is 0 Å². The fraction of sp³-hybridized carbons (Fsp3) is 0.250. The quantitative estimate of drug-likeness (QED) is 0.698. The maximum absolute atomic E-state index is 12.9. The van der Waals surface area contributed by atoms with Crippen LogP contribution in [0, 0.1) is 6.92 Å². The highest BCUT2D eigenvalue weighted by molar-refractivity contribution is 7.17. The molecule has 0 saturated carbocycles. The third-order valence-electron chi connectivity index (χ3n) is 4.63. The molecule has 2 aromatic heterocycles. The number of furan rings is 1. The Kier molecular flexibility index (Phi) is 4.77. The van der Waals surface area contributed by atoms with E-state index in [0.29, 0.717) is 36.6 Å². The molecule has 3 aromatic rings. The number of carbonyl (C=O) groups excluding carboxylic acids is 2. The molecule has 0 radical (unpaired) electrons. The van der Waals surface area contributed by atoms with Crippen LogP contribution in [0.4, 0.5) is 0 Å². The van der Waals surface area contributed by atoms with Crippen molar-refractivity contribution in [3.8, 4) is 10.6 Å². The highest BCUT2D eigenvalue weighted by atomic mass is 32.1. The van der Waals surface area contributed by atoms with Gasteiger partial charge in [0.05, 0.1) is 17.5 Å². The molecule has 0 spiro atoms. The summed E-state index contributed by atoms with van der Waals surface area (Å²) in [5.41, 5.74) is 2.31. The Bertz CT molecular complexity index is 942. The van der Waals surface area contributed by atoms with Crippen LogP contribution in [0.1, 0.15) is 25.7 Å². The predicted octanol–water partition coefficient (Wildman–Crippen LogP) is 3.31. The van der Waals surface area contributed by atoms with Crippen molar-refractivity contribution in [2.45, 2.75) is 6.92 Å². The van der Waals surface area contributed by atoms with Crippen LogP contribution in [0.5, 0.6) is 0 Å². The van der Waals surface area contributed by atoms with Gasteiger partial charge in [-0.15, -0.1) is 11.3 Å². The summed E-state index contributed by atoms with van der Waals surface area (Å²) in [6.07, 6.45) is 2.94. The standard InChI is InChI=1S/C20H19N3O3S/c1-14-17(27-18(21-14)15-5-3-2-4-6-15)20(25)23-10-8-22(9-11-23)19(24)16-7-12-26-13-16/h2-7,12-13H,8-11H2,1H3. The van der Waals surface area contributed by atoms with Crippen LogP contribution in [-0.4, -0.2) is 52.8 Å². The van der Waals surface area contributed by atoms with Gasteiger partial charge in [-0.2, -0.15) is 0 Å². The van der Waals surface area contributed by atoms with Crippen molar-refractivity contribution in [1.82, 2.24) is 14.8 Å². The number of carbonyl (C=O) groups is 2. The lowest BCUT2D eigenvalue weighted by Crippen LogP contribution is -2.50. The highest BCUT2D eigenvalue weighted by Gasteiger charge is 2.28. The van der Waals surface area contributed by atoms with Crippen LogP contribution in [0.25, 0.3) is 10.6 Å². The zero-order valence-corrected chi connectivity index (χ0v) is 15.7. The summed E-state index contributed by atoms with van der Waals surface area (Å²) in [4.78, 5) is 34.1. The average Bonchev–Trinajstić information content (AvgIpc) is 3.38. The molecule has 3 heterocycles. The van der Waals surface area contributed by atoms with E-state index in [1.54, 1.807) is 15.9 Å². The molecular weight excluding hydrogens is 362 g/mol. The molecule has 1 aliphatic rings. The molecule has 1 fully saturated rings. The summed E-state index contributed by atoms with van der Waals surface area (Å²) in [5.74, 6) is -0.0706. The van der Waals surface area contributed by atoms with E-state index in [1.165, 1.54) is 23.9 Å². The maximum Gasteiger partial charge on any atom is 0.265 e. The molecule has 7 heteroatoms. The number of thiazole rings is 1. The Hall–Kier alpha value is -2.93. The summed E-state index contributed by atoms with van der Waals surface area (Å²) < 4.78 is 4.98. The summed E-state index contributed by atoms with van der Waals surface area (Å²) in [5, 5.41) is 0.852. The number of nitrogens with zero attached hydrogens (tertiary/aromatic N) is 3. The van der Waals surface area contributed by atoms with Crippen molar-refractivity contribution in [2.75, 3.05) is 26.2 Å². The van der Waals surface area contributed by atoms with Crippen molar-refractivity contribution in [2.24, 2.45) is 0 Å². The number of rotatable bonds is 3. The van der Waals surface area contributed by atoms with Crippen LogP contribution < -0.4 is 0 Å². The van der Waals surface area contributed by atoms with Gasteiger partial charge in [-0.25, -0.2) is 4.98 Å². The average molecular weight is 381 g/mol. The summed E-state index contributed by atoms with van der Waals surface area (Å²) in [6, 6.07) is 11.5. The first-order chi connectivity index (χ1) is 13.1. The topological polar surface area (TPSA) is 66.7 Å². The van der Waals surface area contributed by atoms with E-state index in [2.05, 4.69) is 4.98 Å². The minimum absolute atomic E-state index is 0.0115. The number of amides is 2. The molecule has 4 rings (SSSR count). The van der Waals surface area contributed by atoms with E-state index in [-0.39, 0.29) is 11.8 Å². The molecule has 0 unspecified atom stereocenters. The first kappa shape index (κ1) is 17.5. The van der Waals surface area contributed by atoms with Crippen molar-refractivity contribution in [1.29, 1.82) is 0 Å². The van der Waals surface area contributed by atoms with Gasteiger partial charge >= 0.3 is 0 Å². The second kappa shape index (κ2) is 7.36. The fourth-order valence-electron chi connectivity index (χ4n) is 3.12. The largest absolute Gasteiger partial charge is 0.472 e. The van der Waals surface area contributed by atoms with Crippen LogP contribution in [0.2, 0.25) is 0 Å². The second-order valence-corrected chi connectivity index (χ2v) is 7.40. The Morgan fingerprint density at radius 3 is 2.30 bits per heavy atom. The molecule has 6 nitrogen and oxygen atoms in total. The molecule has 1 aliphatic heterocycles. The molecular formula is C20H19N3O3S. The molecule has 1 saturated heterocycles. The summed E-state index contributed by atoms with van der Waals surface area (Å²) in [7, 11) is 0. The van der Waals surface area contributed by atoms with E-state index in [0.717, 1.165) is 16.3 Å². The van der Waals surface area contributed by atoms with Gasteiger partial charge in [0.15, 0.2) is 0 Å². The SMILES string of the molecule is Cc1nc(-c2ccccc2)sc1C(=O)N1CCN(C(=O)c2ccoc2)CC1. The summed E-state index contributed by atoms with van der Waals surface area (Å²) in [6.45, 7) is 3.92. The van der Waals surface area contributed by atoms with Gasteiger partial charge in [0.1, 0.15) is 16.1 Å². The number of hydrogen-bond acceptors (Lipinski definition) is 5. The van der Waals surface area contributed by atoms with Crippen molar-refractivity contribution in [3.05, 3.63) is 65.1 Å². The lowest BCUT2D eigenvalue weighted by Gasteiger charge is -2.34. The number of hydrogen-bond donors (Lipinski definition) is 0. The van der Waals surface area contributed by atoms with Gasteiger partial charge in [-0.3, -0.25) is 9.59 Å². The zero-order valence-electron chi connectivity index (χ0n) is 14.9. The van der Waals surface area contributed by atoms with Crippen LogP contribution in [-0.2, 0) is 0 Å². The van der Waals surface area contributed by atoms with E-state index in [1.807, 2.05) is 37.3 Å². The first-order valence-electron chi connectivity index (χ1n) is 8.77. The van der Waals surface area contributed by atoms with Crippen molar-refractivity contribution >= 4 is 23.2 Å². The molecule has 2 amide bonds. The van der Waals surface area contributed by atoms with Gasteiger partial charge in [0, 0.05) is 31.7 Å². The van der Waals surface area contributed by atoms with Gasteiger partial charge in [0.25, 0.3) is 11.8 Å². The first-order valence-corrected chi connectivity index (χ1v) is 9.59. The Balaban J connectivity index is 1.44. The van der Waals surface area contributed by atoms with Crippen LogP contribution in [0.3, 0.4) is 0 Å². The summed E-state index contributed by atoms with van der Waals surface area (Å²) >= 11 is 1.42. The second-order valence-electron chi connectivity index (χ2n) is 6.40. The minimum Gasteiger partial charge on any atom is -0.472 e. The lowest BCUT2D eigenvalue weighted by molar-refractivity contribution is 0.0537. The van der Waals surface area contributed by atoms with E-state index < -0.39 is 0 Å². The van der Waals surface area contributed by atoms with Crippen molar-refractivity contribution < 1.29 is 14.0 Å². The molecule has 0 atom stereocenters. The third-order valence-corrected chi connectivity index (χ3v) is 5.83. The number of piperazine rings is 1. The van der Waals surface area contributed by atoms with Crippen LogP contribution in [0.15, 0.2) is 53.3 Å². The van der Waals surface area contributed by atoms with Gasteiger partial charge < -0.3 is 14.2 Å². The molecule has 0 bridgehead atoms. The monoisotopic (exact) mass is 381 g/mol. The molecule has 0 aliphatic carbocycles. The zero-order chi connectivity index (χ0) is 18.8. The number of benzene rings is 1. The Labute approximate surface area is 161 Å². The highest BCUT2D eigenvalue weighted by Crippen LogP contribution is 2.29. The van der Waals surface area contributed by atoms with Gasteiger partial charge in [-0.1, -0.05) is 30.3 Å². The minimum atomic E-state index is -0.0591. The predicted molar refractivity (Wildman–Crippen MR) is 103 cm³/mol. The lowest BCUT2D eigenvalue weighted by atomic mass is 10.2. The smallest absolute Gasteiger partial charge is 0.265 e. The van der Waals surface area contributed by atoms with E-state index in [4.69, 9.17) is 4.42 Å². The van der Waals surface area contributed by atoms with E-state index >= 15 is 0 Å². The molecule has 138 valence electrons. The molecule has 1 aromatic carbocycles. The van der Waals surface area contributed by atoms with Crippen molar-refractivity contribution in [3.63, 3.8) is 0 Å². The number of aryl methyl sites for hydroxylation is 1.